The van der Waals surface area contributed by atoms with E-state index >= 15 is 0 Å². The van der Waals surface area contributed by atoms with E-state index in [9.17, 15) is 4.39 Å². The Morgan fingerprint density at radius 2 is 1.88 bits per heavy atom. The van der Waals surface area contributed by atoms with Crippen molar-refractivity contribution in [3.05, 3.63) is 52.1 Å². The summed E-state index contributed by atoms with van der Waals surface area (Å²) in [6.07, 6.45) is 1.85. The minimum Gasteiger partial charge on any atom is -0.352 e. The van der Waals surface area contributed by atoms with Crippen LogP contribution in [0.15, 0.2) is 23.2 Å². The van der Waals surface area contributed by atoms with Crippen molar-refractivity contribution >= 4 is 29.9 Å². The van der Waals surface area contributed by atoms with Crippen molar-refractivity contribution in [1.82, 2.24) is 20.4 Å². The Labute approximate surface area is 172 Å². The topological polar surface area (TPSA) is 54.2 Å². The molecule has 0 amide bonds. The first-order valence-corrected chi connectivity index (χ1v) is 8.73. The second-order valence-corrected chi connectivity index (χ2v) is 6.07. The average Bonchev–Trinajstić information content (AvgIpc) is 2.92. The number of aryl methyl sites for hydroxylation is 3. The zero-order valence-electron chi connectivity index (χ0n) is 16.2. The molecule has 144 valence electrons. The highest BCUT2D eigenvalue weighted by Crippen LogP contribution is 2.15. The molecule has 0 fully saturated rings. The van der Waals surface area contributed by atoms with Crippen molar-refractivity contribution in [2.75, 3.05) is 7.05 Å². The van der Waals surface area contributed by atoms with E-state index in [1.165, 1.54) is 17.3 Å². The van der Waals surface area contributed by atoms with E-state index in [0.717, 1.165) is 30.1 Å². The highest BCUT2D eigenvalue weighted by Gasteiger charge is 2.13. The smallest absolute Gasteiger partial charge is 0.191 e. The fourth-order valence-corrected chi connectivity index (χ4v) is 2.99. The predicted molar refractivity (Wildman–Crippen MR) is 116 cm³/mol. The van der Waals surface area contributed by atoms with Gasteiger partial charge in [0.1, 0.15) is 5.82 Å². The van der Waals surface area contributed by atoms with E-state index in [0.29, 0.717) is 18.7 Å². The predicted octanol–water partition coefficient (Wildman–Crippen LogP) is 3.48. The van der Waals surface area contributed by atoms with Crippen LogP contribution in [-0.2, 0) is 33.0 Å². The molecule has 5 nitrogen and oxygen atoms in total. The van der Waals surface area contributed by atoms with Crippen molar-refractivity contribution in [3.8, 4) is 0 Å². The standard InChI is InChI=1S/C19H28FN5.HI/c1-6-17-15(18(7-2)25(5)24-17)12-23-19(21-4)22-11-14-8-9-16(20)13(3)10-14;/h8-10H,6-7,11-12H2,1-5H3,(H2,21,22,23);1H. The van der Waals surface area contributed by atoms with Crippen LogP contribution in [0.25, 0.3) is 0 Å². The zero-order valence-corrected chi connectivity index (χ0v) is 18.5. The maximum absolute atomic E-state index is 13.4. The summed E-state index contributed by atoms with van der Waals surface area (Å²) in [5.74, 6) is 0.539. The Bertz CT molecular complexity index is 755. The lowest BCUT2D eigenvalue weighted by Gasteiger charge is -2.13. The number of rotatable bonds is 6. The first-order chi connectivity index (χ1) is 12.0. The molecule has 26 heavy (non-hydrogen) atoms. The molecule has 2 N–H and O–H groups in total. The summed E-state index contributed by atoms with van der Waals surface area (Å²) in [6.45, 7) is 7.31. The van der Waals surface area contributed by atoms with Gasteiger partial charge in [0, 0.05) is 38.4 Å². The van der Waals surface area contributed by atoms with Gasteiger partial charge >= 0.3 is 0 Å². The van der Waals surface area contributed by atoms with Crippen LogP contribution in [0.5, 0.6) is 0 Å². The SMILES string of the molecule is CCc1nn(C)c(CC)c1CNC(=NC)NCc1ccc(F)c(C)c1.I. The van der Waals surface area contributed by atoms with Crippen molar-refractivity contribution in [2.24, 2.45) is 12.0 Å². The lowest BCUT2D eigenvalue weighted by Crippen LogP contribution is -2.36. The number of aromatic nitrogens is 2. The zero-order chi connectivity index (χ0) is 18.4. The first-order valence-electron chi connectivity index (χ1n) is 8.73. The van der Waals surface area contributed by atoms with Crippen molar-refractivity contribution in [2.45, 2.75) is 46.7 Å². The molecule has 0 aliphatic carbocycles. The number of halogens is 2. The first kappa shape index (κ1) is 22.4. The molecule has 2 rings (SSSR count). The number of nitrogens with zero attached hydrogens (tertiary/aromatic N) is 3. The van der Waals surface area contributed by atoms with Crippen molar-refractivity contribution in [1.29, 1.82) is 0 Å². The van der Waals surface area contributed by atoms with Gasteiger partial charge in [-0.1, -0.05) is 26.0 Å². The third-order valence-electron chi connectivity index (χ3n) is 4.37. The molecule has 0 radical (unpaired) electrons. The fraction of sp³-hybridized carbons (Fsp3) is 0.474. The van der Waals surface area contributed by atoms with Gasteiger partial charge in [-0.05, 0) is 37.0 Å². The van der Waals surface area contributed by atoms with Crippen LogP contribution < -0.4 is 10.6 Å². The van der Waals surface area contributed by atoms with Crippen LogP contribution in [0, 0.1) is 12.7 Å². The van der Waals surface area contributed by atoms with Gasteiger partial charge < -0.3 is 10.6 Å². The quantitative estimate of drug-likeness (QED) is 0.384. The molecular formula is C19H29FIN5. The van der Waals surface area contributed by atoms with Gasteiger partial charge in [-0.15, -0.1) is 24.0 Å². The summed E-state index contributed by atoms with van der Waals surface area (Å²) in [4.78, 5) is 4.27. The molecule has 0 aliphatic heterocycles. The highest BCUT2D eigenvalue weighted by atomic mass is 127. The molecule has 0 saturated heterocycles. The summed E-state index contributed by atoms with van der Waals surface area (Å²) >= 11 is 0. The van der Waals surface area contributed by atoms with Gasteiger partial charge in [-0.3, -0.25) is 9.67 Å². The Kier molecular flexibility index (Phi) is 9.04. The molecule has 1 aromatic carbocycles. The van der Waals surface area contributed by atoms with Crippen molar-refractivity contribution < 1.29 is 4.39 Å². The molecule has 7 heteroatoms. The minimum atomic E-state index is -0.179. The van der Waals surface area contributed by atoms with Gasteiger partial charge in [-0.2, -0.15) is 5.10 Å². The van der Waals surface area contributed by atoms with Gasteiger partial charge in [0.05, 0.1) is 5.69 Å². The average molecular weight is 473 g/mol. The summed E-state index contributed by atoms with van der Waals surface area (Å²) < 4.78 is 15.3. The lowest BCUT2D eigenvalue weighted by molar-refractivity contribution is 0.617. The van der Waals surface area contributed by atoms with E-state index in [1.54, 1.807) is 20.0 Å². The Hall–Kier alpha value is -1.64. The van der Waals surface area contributed by atoms with Crippen LogP contribution in [0.1, 0.15) is 41.9 Å². The minimum absolute atomic E-state index is 0. The fourth-order valence-electron chi connectivity index (χ4n) is 2.99. The van der Waals surface area contributed by atoms with Crippen LogP contribution in [0.3, 0.4) is 0 Å². The largest absolute Gasteiger partial charge is 0.352 e. The maximum Gasteiger partial charge on any atom is 0.191 e. The van der Waals surface area contributed by atoms with Gasteiger partial charge in [0.25, 0.3) is 0 Å². The van der Waals surface area contributed by atoms with Crippen molar-refractivity contribution in [3.63, 3.8) is 0 Å². The van der Waals surface area contributed by atoms with Gasteiger partial charge in [-0.25, -0.2) is 4.39 Å². The third kappa shape index (κ3) is 5.43. The van der Waals surface area contributed by atoms with E-state index in [-0.39, 0.29) is 29.8 Å². The van der Waals surface area contributed by atoms with Crippen LogP contribution in [0.2, 0.25) is 0 Å². The summed E-state index contributed by atoms with van der Waals surface area (Å²) in [6, 6.07) is 5.13. The van der Waals surface area contributed by atoms with Gasteiger partial charge in [0.15, 0.2) is 5.96 Å². The van der Waals surface area contributed by atoms with Crippen LogP contribution in [0.4, 0.5) is 4.39 Å². The normalized spacial score (nSPS) is 11.2. The summed E-state index contributed by atoms with van der Waals surface area (Å²) in [7, 11) is 3.74. The second-order valence-electron chi connectivity index (χ2n) is 6.07. The Balaban J connectivity index is 0.00000338. The Morgan fingerprint density at radius 3 is 2.46 bits per heavy atom. The highest BCUT2D eigenvalue weighted by molar-refractivity contribution is 14.0. The number of guanidine groups is 1. The summed E-state index contributed by atoms with van der Waals surface area (Å²) in [5, 5.41) is 11.2. The molecule has 0 atom stereocenters. The van der Waals surface area contributed by atoms with Gasteiger partial charge in [0.2, 0.25) is 0 Å². The van der Waals surface area contributed by atoms with Crippen LogP contribution in [-0.4, -0.2) is 22.8 Å². The van der Waals surface area contributed by atoms with E-state index < -0.39 is 0 Å². The molecule has 0 saturated carbocycles. The molecule has 1 heterocycles. The number of benzene rings is 1. The molecule has 1 aromatic heterocycles. The number of hydrogen-bond acceptors (Lipinski definition) is 2. The number of nitrogens with one attached hydrogen (secondary N) is 2. The number of hydrogen-bond donors (Lipinski definition) is 2. The maximum atomic E-state index is 13.4. The molecule has 2 aromatic rings. The number of aliphatic imine (C=N–C) groups is 1. The molecule has 0 unspecified atom stereocenters. The van der Waals surface area contributed by atoms with E-state index in [4.69, 9.17) is 0 Å². The van der Waals surface area contributed by atoms with E-state index in [2.05, 4.69) is 34.6 Å². The third-order valence-corrected chi connectivity index (χ3v) is 4.37. The Morgan fingerprint density at radius 1 is 1.19 bits per heavy atom. The van der Waals surface area contributed by atoms with Crippen LogP contribution >= 0.6 is 24.0 Å². The lowest BCUT2D eigenvalue weighted by atomic mass is 10.1. The molecule has 0 bridgehead atoms. The second kappa shape index (κ2) is 10.5. The monoisotopic (exact) mass is 473 g/mol. The van der Waals surface area contributed by atoms with E-state index in [1.807, 2.05) is 17.8 Å². The molecule has 0 aliphatic rings. The molecule has 0 spiro atoms. The molecular weight excluding hydrogens is 444 g/mol. The summed E-state index contributed by atoms with van der Waals surface area (Å²) in [5.41, 5.74) is 5.28.